The number of ketones is 1. The maximum atomic E-state index is 13.8. The first-order valence-electron chi connectivity index (χ1n) is 6.95. The summed E-state index contributed by atoms with van der Waals surface area (Å²) in [5, 5.41) is 2.68. The molecule has 0 radical (unpaired) electrons. The van der Waals surface area contributed by atoms with Gasteiger partial charge in [0.1, 0.15) is 5.57 Å². The summed E-state index contributed by atoms with van der Waals surface area (Å²) in [7, 11) is 0. The van der Waals surface area contributed by atoms with Crippen LogP contribution in [0.2, 0.25) is 0 Å². The lowest BCUT2D eigenvalue weighted by molar-refractivity contribution is -0.138. The molecule has 24 heavy (non-hydrogen) atoms. The second-order valence-corrected chi connectivity index (χ2v) is 4.86. The van der Waals surface area contributed by atoms with Crippen molar-refractivity contribution in [2.24, 2.45) is 0 Å². The molecule has 2 rings (SSSR count). The van der Waals surface area contributed by atoms with E-state index in [0.717, 1.165) is 6.20 Å². The molecule has 1 aromatic carbocycles. The molecule has 1 heterocycles. The third-order valence-electron chi connectivity index (χ3n) is 3.19. The normalized spacial score (nSPS) is 15.0. The van der Waals surface area contributed by atoms with E-state index in [4.69, 9.17) is 4.74 Å². The predicted molar refractivity (Wildman–Crippen MR) is 73.1 cm³/mol. The smallest absolute Gasteiger partial charge is 0.343 e. The molecule has 0 atom stereocenters. The van der Waals surface area contributed by atoms with Gasteiger partial charge in [-0.05, 0) is 13.0 Å². The molecule has 0 aliphatic carbocycles. The molecular weight excluding hydrogens is 334 g/mol. The van der Waals surface area contributed by atoms with Crippen LogP contribution in [0.5, 0.6) is 0 Å². The van der Waals surface area contributed by atoms with Gasteiger partial charge in [0, 0.05) is 6.20 Å². The number of rotatable bonds is 6. The standard InChI is InChI=1S/C15H13F4NO4/c1-2-24-15(22)9(4-20-7-5-23-6-7)14(21)8-3-10(16)12(18)13(19)11(8)17/h3-4,7,20H,2,5-6H2,1H3. The molecule has 9 heteroatoms. The Balaban J connectivity index is 2.38. The average molecular weight is 347 g/mol. The second-order valence-electron chi connectivity index (χ2n) is 4.86. The summed E-state index contributed by atoms with van der Waals surface area (Å²) < 4.78 is 62.9. The topological polar surface area (TPSA) is 64.6 Å². The van der Waals surface area contributed by atoms with Crippen LogP contribution in [-0.4, -0.2) is 37.6 Å². The van der Waals surface area contributed by atoms with Crippen LogP contribution in [0.25, 0.3) is 0 Å². The summed E-state index contributed by atoms with van der Waals surface area (Å²) in [6.45, 7) is 2.06. The molecule has 1 fully saturated rings. The van der Waals surface area contributed by atoms with E-state index >= 15 is 0 Å². The van der Waals surface area contributed by atoms with Crippen molar-refractivity contribution in [3.8, 4) is 0 Å². The number of nitrogens with one attached hydrogen (secondary N) is 1. The minimum absolute atomic E-state index is 0.0788. The molecule has 1 aromatic rings. The van der Waals surface area contributed by atoms with Crippen LogP contribution in [0.1, 0.15) is 17.3 Å². The third kappa shape index (κ3) is 3.56. The van der Waals surface area contributed by atoms with Crippen LogP contribution < -0.4 is 5.32 Å². The van der Waals surface area contributed by atoms with Crippen LogP contribution >= 0.6 is 0 Å². The molecule has 1 N–H and O–H groups in total. The number of Topliss-reactive ketones (excluding diaryl/α,β-unsaturated/α-hetero) is 1. The SMILES string of the molecule is CCOC(=O)C(=CNC1COC1)C(=O)c1cc(F)c(F)c(F)c1F. The van der Waals surface area contributed by atoms with Gasteiger partial charge in [0.2, 0.25) is 5.78 Å². The number of benzene rings is 1. The van der Waals surface area contributed by atoms with Gasteiger partial charge in [-0.2, -0.15) is 0 Å². The van der Waals surface area contributed by atoms with E-state index in [0.29, 0.717) is 13.2 Å². The van der Waals surface area contributed by atoms with Crippen LogP contribution in [0.15, 0.2) is 17.8 Å². The van der Waals surface area contributed by atoms with Crippen molar-refractivity contribution >= 4 is 11.8 Å². The monoisotopic (exact) mass is 347 g/mol. The van der Waals surface area contributed by atoms with Crippen molar-refractivity contribution < 1.29 is 36.6 Å². The van der Waals surface area contributed by atoms with Gasteiger partial charge in [0.05, 0.1) is 31.4 Å². The van der Waals surface area contributed by atoms with E-state index in [2.05, 4.69) is 10.1 Å². The average Bonchev–Trinajstić information content (AvgIpc) is 2.50. The minimum atomic E-state index is -2.14. The molecule has 1 aliphatic heterocycles. The maximum absolute atomic E-state index is 13.8. The summed E-state index contributed by atoms with van der Waals surface area (Å²) in [6, 6.07) is 0.0176. The summed E-state index contributed by atoms with van der Waals surface area (Å²) in [5.41, 5.74) is -1.79. The van der Waals surface area contributed by atoms with Gasteiger partial charge in [-0.25, -0.2) is 22.4 Å². The highest BCUT2D eigenvalue weighted by atomic mass is 19.2. The van der Waals surface area contributed by atoms with Crippen LogP contribution in [0.4, 0.5) is 17.6 Å². The lowest BCUT2D eigenvalue weighted by atomic mass is 10.0. The highest BCUT2D eigenvalue weighted by molar-refractivity contribution is 6.24. The van der Waals surface area contributed by atoms with Crippen molar-refractivity contribution in [3.05, 3.63) is 46.7 Å². The highest BCUT2D eigenvalue weighted by Crippen LogP contribution is 2.21. The Morgan fingerprint density at radius 1 is 1.25 bits per heavy atom. The fraction of sp³-hybridized carbons (Fsp3) is 0.333. The molecule has 1 saturated heterocycles. The zero-order valence-electron chi connectivity index (χ0n) is 12.5. The lowest BCUT2D eigenvalue weighted by Gasteiger charge is -2.26. The fourth-order valence-electron chi connectivity index (χ4n) is 1.84. The lowest BCUT2D eigenvalue weighted by Crippen LogP contribution is -2.44. The summed E-state index contributed by atoms with van der Waals surface area (Å²) in [5.74, 6) is -10.3. The Hall–Kier alpha value is -2.42. The molecule has 0 saturated carbocycles. The van der Waals surface area contributed by atoms with Crippen molar-refractivity contribution in [2.75, 3.05) is 19.8 Å². The number of carbonyl (C=O) groups excluding carboxylic acids is 2. The Labute approximate surface area is 134 Å². The molecule has 130 valence electrons. The number of ether oxygens (including phenoxy) is 2. The quantitative estimate of drug-likeness (QED) is 0.124. The van der Waals surface area contributed by atoms with Gasteiger partial charge < -0.3 is 14.8 Å². The summed E-state index contributed by atoms with van der Waals surface area (Å²) in [6.07, 6.45) is 0.964. The zero-order chi connectivity index (χ0) is 17.9. The van der Waals surface area contributed by atoms with Gasteiger partial charge in [0.15, 0.2) is 23.3 Å². The van der Waals surface area contributed by atoms with Gasteiger partial charge in [-0.15, -0.1) is 0 Å². The first-order valence-corrected chi connectivity index (χ1v) is 6.95. The van der Waals surface area contributed by atoms with Gasteiger partial charge in [0.25, 0.3) is 0 Å². The Bertz CT molecular complexity index is 701. The highest BCUT2D eigenvalue weighted by Gasteiger charge is 2.29. The van der Waals surface area contributed by atoms with Crippen molar-refractivity contribution in [1.82, 2.24) is 5.32 Å². The third-order valence-corrected chi connectivity index (χ3v) is 3.19. The number of hydrogen-bond acceptors (Lipinski definition) is 5. The number of halogens is 4. The molecular formula is C15H13F4NO4. The van der Waals surface area contributed by atoms with Gasteiger partial charge in [-0.1, -0.05) is 0 Å². The Morgan fingerprint density at radius 2 is 1.92 bits per heavy atom. The van der Waals surface area contributed by atoms with Crippen LogP contribution in [0, 0.1) is 23.3 Å². The van der Waals surface area contributed by atoms with Crippen molar-refractivity contribution in [2.45, 2.75) is 13.0 Å². The molecule has 0 bridgehead atoms. The Kier molecular flexibility index (Phi) is 5.55. The maximum Gasteiger partial charge on any atom is 0.343 e. The summed E-state index contributed by atoms with van der Waals surface area (Å²) >= 11 is 0. The molecule has 0 spiro atoms. The van der Waals surface area contributed by atoms with E-state index in [1.165, 1.54) is 6.92 Å². The van der Waals surface area contributed by atoms with Gasteiger partial charge in [-0.3, -0.25) is 4.79 Å². The molecule has 0 aromatic heterocycles. The van der Waals surface area contributed by atoms with E-state index in [1.54, 1.807) is 0 Å². The molecule has 5 nitrogen and oxygen atoms in total. The fourth-order valence-corrected chi connectivity index (χ4v) is 1.84. The molecule has 0 amide bonds. The van der Waals surface area contributed by atoms with Crippen molar-refractivity contribution in [3.63, 3.8) is 0 Å². The number of esters is 1. The van der Waals surface area contributed by atoms with Crippen LogP contribution in [-0.2, 0) is 14.3 Å². The summed E-state index contributed by atoms with van der Waals surface area (Å²) in [4.78, 5) is 24.1. The van der Waals surface area contributed by atoms with E-state index in [9.17, 15) is 27.2 Å². The minimum Gasteiger partial charge on any atom is -0.462 e. The van der Waals surface area contributed by atoms with E-state index < -0.39 is 46.2 Å². The first kappa shape index (κ1) is 17.9. The van der Waals surface area contributed by atoms with Gasteiger partial charge >= 0.3 is 5.97 Å². The zero-order valence-corrected chi connectivity index (χ0v) is 12.5. The number of carbonyl (C=O) groups is 2. The second kappa shape index (κ2) is 7.43. The first-order chi connectivity index (χ1) is 11.4. The molecule has 1 aliphatic rings. The largest absolute Gasteiger partial charge is 0.462 e. The van der Waals surface area contributed by atoms with E-state index in [-0.39, 0.29) is 18.7 Å². The number of hydrogen-bond donors (Lipinski definition) is 1. The van der Waals surface area contributed by atoms with Crippen molar-refractivity contribution in [1.29, 1.82) is 0 Å². The molecule has 0 unspecified atom stereocenters. The predicted octanol–water partition coefficient (Wildman–Crippen LogP) is 1.86. The van der Waals surface area contributed by atoms with E-state index in [1.807, 2.05) is 0 Å². The van der Waals surface area contributed by atoms with Crippen LogP contribution in [0.3, 0.4) is 0 Å². The Morgan fingerprint density at radius 3 is 2.46 bits per heavy atom.